The smallest absolute Gasteiger partial charge is 0.317 e. The van der Waals surface area contributed by atoms with Gasteiger partial charge in [-0.1, -0.05) is 12.8 Å². The van der Waals surface area contributed by atoms with Crippen molar-refractivity contribution in [2.45, 2.75) is 38.3 Å². The highest BCUT2D eigenvalue weighted by molar-refractivity contribution is 7.07. The Morgan fingerprint density at radius 2 is 2.25 bits per heavy atom. The van der Waals surface area contributed by atoms with E-state index >= 15 is 0 Å². The fraction of sp³-hybridized carbons (Fsp3) is 0.583. The third-order valence-electron chi connectivity index (χ3n) is 3.15. The van der Waals surface area contributed by atoms with Crippen molar-refractivity contribution in [2.75, 3.05) is 6.54 Å². The van der Waals surface area contributed by atoms with Crippen LogP contribution in [-0.4, -0.2) is 28.6 Å². The zero-order chi connectivity index (χ0) is 11.4. The van der Waals surface area contributed by atoms with Crippen molar-refractivity contribution in [3.05, 3.63) is 22.4 Å². The molecule has 0 unspecified atom stereocenters. The molecule has 1 saturated carbocycles. The van der Waals surface area contributed by atoms with Gasteiger partial charge in [0.1, 0.15) is 0 Å². The highest BCUT2D eigenvalue weighted by atomic mass is 32.1. The number of nitrogens with zero attached hydrogens (tertiary/aromatic N) is 1. The van der Waals surface area contributed by atoms with Gasteiger partial charge in [-0.25, -0.2) is 0 Å². The van der Waals surface area contributed by atoms with E-state index in [0.29, 0.717) is 6.04 Å². The van der Waals surface area contributed by atoms with Gasteiger partial charge in [0.25, 0.3) is 0 Å². The Morgan fingerprint density at radius 1 is 1.50 bits per heavy atom. The lowest BCUT2D eigenvalue weighted by molar-refractivity contribution is -0.139. The van der Waals surface area contributed by atoms with Crippen LogP contribution in [0, 0.1) is 0 Å². The number of carboxylic acids is 1. The number of carboxylic acid groups (broad SMARTS) is 1. The quantitative estimate of drug-likeness (QED) is 0.858. The molecule has 1 aromatic rings. The maximum Gasteiger partial charge on any atom is 0.317 e. The van der Waals surface area contributed by atoms with Gasteiger partial charge in [0.2, 0.25) is 0 Å². The molecular formula is C12H17NO2S. The van der Waals surface area contributed by atoms with Crippen LogP contribution in [0.25, 0.3) is 0 Å². The summed E-state index contributed by atoms with van der Waals surface area (Å²) in [5.74, 6) is -0.720. The second kappa shape index (κ2) is 5.46. The zero-order valence-electron chi connectivity index (χ0n) is 9.26. The molecule has 0 radical (unpaired) electrons. The van der Waals surface area contributed by atoms with E-state index in [2.05, 4.69) is 16.3 Å². The Morgan fingerprint density at radius 3 is 2.81 bits per heavy atom. The zero-order valence-corrected chi connectivity index (χ0v) is 10.1. The fourth-order valence-corrected chi connectivity index (χ4v) is 3.03. The van der Waals surface area contributed by atoms with Crippen molar-refractivity contribution in [1.82, 2.24) is 4.90 Å². The number of carbonyl (C=O) groups is 1. The van der Waals surface area contributed by atoms with Crippen LogP contribution in [0.5, 0.6) is 0 Å². The topological polar surface area (TPSA) is 40.5 Å². The number of thiophene rings is 1. The van der Waals surface area contributed by atoms with Crippen molar-refractivity contribution in [2.24, 2.45) is 0 Å². The van der Waals surface area contributed by atoms with E-state index in [-0.39, 0.29) is 6.54 Å². The van der Waals surface area contributed by atoms with Gasteiger partial charge in [-0.2, -0.15) is 11.3 Å². The Balaban J connectivity index is 1.98. The molecule has 0 bridgehead atoms. The van der Waals surface area contributed by atoms with E-state index in [1.807, 2.05) is 5.38 Å². The average molecular weight is 239 g/mol. The fourth-order valence-electron chi connectivity index (χ4n) is 2.37. The van der Waals surface area contributed by atoms with E-state index in [9.17, 15) is 4.79 Å². The van der Waals surface area contributed by atoms with Gasteiger partial charge in [-0.3, -0.25) is 9.69 Å². The SMILES string of the molecule is O=C(O)CN(Cc1ccsc1)C1CCCC1. The summed E-state index contributed by atoms with van der Waals surface area (Å²) in [6.45, 7) is 0.945. The summed E-state index contributed by atoms with van der Waals surface area (Å²) in [5.41, 5.74) is 1.23. The summed E-state index contributed by atoms with van der Waals surface area (Å²) in [6, 6.07) is 2.55. The van der Waals surface area contributed by atoms with Gasteiger partial charge in [0, 0.05) is 12.6 Å². The molecule has 88 valence electrons. The third-order valence-corrected chi connectivity index (χ3v) is 3.88. The lowest BCUT2D eigenvalue weighted by Crippen LogP contribution is -2.36. The summed E-state index contributed by atoms with van der Waals surface area (Å²) in [6.07, 6.45) is 4.78. The van der Waals surface area contributed by atoms with E-state index in [4.69, 9.17) is 5.11 Å². The maximum absolute atomic E-state index is 10.9. The van der Waals surface area contributed by atoms with Crippen molar-refractivity contribution in [1.29, 1.82) is 0 Å². The van der Waals surface area contributed by atoms with E-state index in [1.54, 1.807) is 11.3 Å². The number of hydrogen-bond donors (Lipinski definition) is 1. The second-order valence-electron chi connectivity index (χ2n) is 4.37. The van der Waals surface area contributed by atoms with Gasteiger partial charge >= 0.3 is 5.97 Å². The Bertz CT molecular complexity index is 331. The van der Waals surface area contributed by atoms with E-state index < -0.39 is 5.97 Å². The van der Waals surface area contributed by atoms with Crippen molar-refractivity contribution in [3.63, 3.8) is 0 Å². The molecule has 1 heterocycles. The first-order valence-corrected chi connectivity index (χ1v) is 6.67. The Hall–Kier alpha value is -0.870. The largest absolute Gasteiger partial charge is 0.480 e. The predicted molar refractivity (Wildman–Crippen MR) is 64.6 cm³/mol. The van der Waals surface area contributed by atoms with Crippen LogP contribution in [0.3, 0.4) is 0 Å². The molecule has 16 heavy (non-hydrogen) atoms. The highest BCUT2D eigenvalue weighted by Gasteiger charge is 2.24. The maximum atomic E-state index is 10.9. The minimum absolute atomic E-state index is 0.167. The minimum atomic E-state index is -0.720. The summed E-state index contributed by atoms with van der Waals surface area (Å²) < 4.78 is 0. The standard InChI is InChI=1S/C12H17NO2S/c14-12(15)8-13(11-3-1-2-4-11)7-10-5-6-16-9-10/h5-6,9,11H,1-4,7-8H2,(H,14,15). The molecule has 0 saturated heterocycles. The predicted octanol–water partition coefficient (Wildman–Crippen LogP) is 2.58. The second-order valence-corrected chi connectivity index (χ2v) is 5.15. The molecule has 4 heteroatoms. The molecule has 2 rings (SSSR count). The lowest BCUT2D eigenvalue weighted by Gasteiger charge is -2.26. The van der Waals surface area contributed by atoms with E-state index in [1.165, 1.54) is 18.4 Å². The molecule has 0 aromatic carbocycles. The Labute approximate surface area is 99.7 Å². The van der Waals surface area contributed by atoms with Crippen molar-refractivity contribution < 1.29 is 9.90 Å². The molecule has 1 aromatic heterocycles. The summed E-state index contributed by atoms with van der Waals surface area (Å²) in [4.78, 5) is 13.0. The first-order chi connectivity index (χ1) is 7.75. The summed E-state index contributed by atoms with van der Waals surface area (Å²) in [7, 11) is 0. The molecule has 1 aliphatic rings. The van der Waals surface area contributed by atoms with Crippen LogP contribution >= 0.6 is 11.3 Å². The average Bonchev–Trinajstić information content (AvgIpc) is 2.88. The summed E-state index contributed by atoms with van der Waals surface area (Å²) in [5, 5.41) is 13.1. The van der Waals surface area contributed by atoms with Crippen LogP contribution in [0.2, 0.25) is 0 Å². The molecule has 0 amide bonds. The van der Waals surface area contributed by atoms with Gasteiger partial charge in [0.15, 0.2) is 0 Å². The molecule has 0 aliphatic heterocycles. The van der Waals surface area contributed by atoms with Crippen molar-refractivity contribution >= 4 is 17.3 Å². The molecule has 1 fully saturated rings. The van der Waals surface area contributed by atoms with Crippen LogP contribution in [0.1, 0.15) is 31.2 Å². The molecule has 0 spiro atoms. The van der Waals surface area contributed by atoms with Crippen LogP contribution in [0.15, 0.2) is 16.8 Å². The number of hydrogen-bond acceptors (Lipinski definition) is 3. The first kappa shape index (κ1) is 11.6. The summed E-state index contributed by atoms with van der Waals surface area (Å²) >= 11 is 1.67. The molecular weight excluding hydrogens is 222 g/mol. The highest BCUT2D eigenvalue weighted by Crippen LogP contribution is 2.25. The van der Waals surface area contributed by atoms with E-state index in [0.717, 1.165) is 19.4 Å². The first-order valence-electron chi connectivity index (χ1n) is 5.72. The third kappa shape index (κ3) is 3.06. The monoisotopic (exact) mass is 239 g/mol. The van der Waals surface area contributed by atoms with Gasteiger partial charge in [-0.15, -0.1) is 0 Å². The van der Waals surface area contributed by atoms with Crippen LogP contribution < -0.4 is 0 Å². The molecule has 1 N–H and O–H groups in total. The lowest BCUT2D eigenvalue weighted by atomic mass is 10.2. The van der Waals surface area contributed by atoms with Gasteiger partial charge < -0.3 is 5.11 Å². The Kier molecular flexibility index (Phi) is 3.96. The van der Waals surface area contributed by atoms with Crippen LogP contribution in [0.4, 0.5) is 0 Å². The molecule has 3 nitrogen and oxygen atoms in total. The minimum Gasteiger partial charge on any atom is -0.480 e. The normalized spacial score (nSPS) is 17.1. The number of aliphatic carboxylic acids is 1. The van der Waals surface area contributed by atoms with Crippen LogP contribution in [-0.2, 0) is 11.3 Å². The molecule has 0 atom stereocenters. The van der Waals surface area contributed by atoms with Gasteiger partial charge in [0.05, 0.1) is 6.54 Å². The number of rotatable bonds is 5. The van der Waals surface area contributed by atoms with Gasteiger partial charge in [-0.05, 0) is 35.2 Å². The molecule has 1 aliphatic carbocycles. The van der Waals surface area contributed by atoms with Crippen molar-refractivity contribution in [3.8, 4) is 0 Å².